The van der Waals surface area contributed by atoms with E-state index in [0.717, 1.165) is 24.3 Å². The Morgan fingerprint density at radius 3 is 3.00 bits per heavy atom. The van der Waals surface area contributed by atoms with E-state index in [2.05, 4.69) is 48.8 Å². The first-order chi connectivity index (χ1) is 9.75. The fourth-order valence-corrected chi connectivity index (χ4v) is 4.53. The van der Waals surface area contributed by atoms with E-state index in [9.17, 15) is 0 Å². The first-order valence-electron chi connectivity index (χ1n) is 7.92. The van der Waals surface area contributed by atoms with Crippen LogP contribution in [-0.4, -0.2) is 13.1 Å². The first kappa shape index (κ1) is 14.1. The topological polar surface area (TPSA) is 12.0 Å². The molecule has 1 heterocycles. The lowest BCUT2D eigenvalue weighted by Gasteiger charge is -2.22. The highest BCUT2D eigenvalue weighted by atomic mass is 32.1. The number of rotatable bonds is 5. The predicted molar refractivity (Wildman–Crippen MR) is 89.6 cm³/mol. The number of hydrogen-bond donors (Lipinski definition) is 1. The highest BCUT2D eigenvalue weighted by Gasteiger charge is 2.29. The molecule has 1 saturated carbocycles. The second-order valence-corrected chi connectivity index (χ2v) is 7.45. The maximum Gasteiger partial charge on any atom is 0.0377 e. The molecule has 108 valence electrons. The Labute approximate surface area is 126 Å². The third kappa shape index (κ3) is 2.91. The molecule has 1 nitrogen and oxygen atoms in total. The van der Waals surface area contributed by atoms with Crippen molar-refractivity contribution < 1.29 is 0 Å². The van der Waals surface area contributed by atoms with Gasteiger partial charge in [-0.2, -0.15) is 0 Å². The molecule has 0 aliphatic heterocycles. The molecule has 2 heteroatoms. The van der Waals surface area contributed by atoms with Gasteiger partial charge in [0.2, 0.25) is 0 Å². The summed E-state index contributed by atoms with van der Waals surface area (Å²) in [5.41, 5.74) is 1.60. The molecule has 2 aromatic rings. The summed E-state index contributed by atoms with van der Waals surface area (Å²) in [7, 11) is 0. The highest BCUT2D eigenvalue weighted by Crippen LogP contribution is 2.43. The van der Waals surface area contributed by atoms with Crippen LogP contribution in [0.1, 0.15) is 44.6 Å². The van der Waals surface area contributed by atoms with E-state index in [1.165, 1.54) is 35.9 Å². The van der Waals surface area contributed by atoms with Crippen LogP contribution >= 0.6 is 11.3 Å². The average Bonchev–Trinajstić information content (AvgIpc) is 3.05. The van der Waals surface area contributed by atoms with Crippen molar-refractivity contribution >= 4 is 21.4 Å². The average molecular weight is 287 g/mol. The number of thiophene rings is 1. The SMILES string of the molecule is CC(C)CNCC1CCCC1c1cccc2ccsc12. The van der Waals surface area contributed by atoms with Gasteiger partial charge in [-0.25, -0.2) is 0 Å². The summed E-state index contributed by atoms with van der Waals surface area (Å²) < 4.78 is 1.52. The zero-order chi connectivity index (χ0) is 13.9. The van der Waals surface area contributed by atoms with E-state index < -0.39 is 0 Å². The van der Waals surface area contributed by atoms with E-state index in [0.29, 0.717) is 0 Å². The minimum absolute atomic E-state index is 0.746. The zero-order valence-electron chi connectivity index (χ0n) is 12.6. The fraction of sp³-hybridized carbons (Fsp3) is 0.556. The maximum atomic E-state index is 3.67. The molecule has 0 spiro atoms. The third-order valence-corrected chi connectivity index (χ3v) is 5.51. The van der Waals surface area contributed by atoms with Gasteiger partial charge in [0.05, 0.1) is 0 Å². The van der Waals surface area contributed by atoms with Gasteiger partial charge in [0.15, 0.2) is 0 Å². The van der Waals surface area contributed by atoms with E-state index in [4.69, 9.17) is 0 Å². The molecule has 20 heavy (non-hydrogen) atoms. The fourth-order valence-electron chi connectivity index (χ4n) is 3.56. The molecule has 1 aliphatic carbocycles. The van der Waals surface area contributed by atoms with Crippen LogP contribution in [0.2, 0.25) is 0 Å². The highest BCUT2D eigenvalue weighted by molar-refractivity contribution is 7.17. The summed E-state index contributed by atoms with van der Waals surface area (Å²) in [6, 6.07) is 9.10. The van der Waals surface area contributed by atoms with Crippen molar-refractivity contribution in [1.29, 1.82) is 0 Å². The molecule has 1 fully saturated rings. The van der Waals surface area contributed by atoms with Crippen LogP contribution in [0.15, 0.2) is 29.6 Å². The van der Waals surface area contributed by atoms with Gasteiger partial charge in [0.25, 0.3) is 0 Å². The second kappa shape index (κ2) is 6.28. The van der Waals surface area contributed by atoms with Gasteiger partial charge in [-0.05, 0) is 66.1 Å². The van der Waals surface area contributed by atoms with Crippen molar-refractivity contribution in [3.05, 3.63) is 35.2 Å². The Kier molecular flexibility index (Phi) is 4.42. The summed E-state index contributed by atoms with van der Waals surface area (Å²) in [5, 5.41) is 7.33. The van der Waals surface area contributed by atoms with E-state index in [-0.39, 0.29) is 0 Å². The van der Waals surface area contributed by atoms with Crippen LogP contribution in [0.3, 0.4) is 0 Å². The normalized spacial score (nSPS) is 22.9. The summed E-state index contributed by atoms with van der Waals surface area (Å²) in [4.78, 5) is 0. The third-order valence-electron chi connectivity index (χ3n) is 4.53. The van der Waals surface area contributed by atoms with Gasteiger partial charge < -0.3 is 5.32 Å². The standard InChI is InChI=1S/C18H25NS/c1-13(2)11-19-12-15-6-4-7-16(15)17-8-3-5-14-9-10-20-18(14)17/h3,5,8-10,13,15-16,19H,4,6-7,11-12H2,1-2H3. The monoisotopic (exact) mass is 287 g/mol. The van der Waals surface area contributed by atoms with Crippen molar-refractivity contribution in [3.63, 3.8) is 0 Å². The van der Waals surface area contributed by atoms with E-state index in [1.54, 1.807) is 5.56 Å². The zero-order valence-corrected chi connectivity index (χ0v) is 13.4. The molecule has 2 unspecified atom stereocenters. The van der Waals surface area contributed by atoms with Gasteiger partial charge in [-0.15, -0.1) is 11.3 Å². The summed E-state index contributed by atoms with van der Waals surface area (Å²) in [6.07, 6.45) is 4.14. The molecular formula is C18H25NS. The Balaban J connectivity index is 1.76. The quantitative estimate of drug-likeness (QED) is 0.813. The minimum atomic E-state index is 0.746. The molecule has 1 aromatic heterocycles. The largest absolute Gasteiger partial charge is 0.316 e. The van der Waals surface area contributed by atoms with E-state index >= 15 is 0 Å². The first-order valence-corrected chi connectivity index (χ1v) is 8.80. The van der Waals surface area contributed by atoms with Crippen LogP contribution in [0.4, 0.5) is 0 Å². The van der Waals surface area contributed by atoms with Crippen LogP contribution in [0, 0.1) is 11.8 Å². The number of benzene rings is 1. The number of hydrogen-bond acceptors (Lipinski definition) is 2. The molecule has 0 saturated heterocycles. The summed E-state index contributed by atoms with van der Waals surface area (Å²) in [5.74, 6) is 2.33. The molecule has 1 N–H and O–H groups in total. The summed E-state index contributed by atoms with van der Waals surface area (Å²) in [6.45, 7) is 6.90. The number of fused-ring (bicyclic) bond motifs is 1. The predicted octanol–water partition coefficient (Wildman–Crippen LogP) is 5.03. The Hall–Kier alpha value is -0.860. The molecule has 1 aliphatic rings. The lowest BCUT2D eigenvalue weighted by Crippen LogP contribution is -2.27. The minimum Gasteiger partial charge on any atom is -0.316 e. The Morgan fingerprint density at radius 2 is 2.15 bits per heavy atom. The van der Waals surface area contributed by atoms with Crippen LogP contribution in [0.5, 0.6) is 0 Å². The van der Waals surface area contributed by atoms with Gasteiger partial charge >= 0.3 is 0 Å². The Morgan fingerprint density at radius 1 is 1.25 bits per heavy atom. The lowest BCUT2D eigenvalue weighted by atomic mass is 9.88. The van der Waals surface area contributed by atoms with Crippen LogP contribution < -0.4 is 5.32 Å². The Bertz CT molecular complexity index is 557. The van der Waals surface area contributed by atoms with Crippen molar-refractivity contribution in [2.24, 2.45) is 11.8 Å². The molecule has 0 radical (unpaired) electrons. The molecule has 2 atom stereocenters. The van der Waals surface area contributed by atoms with Crippen molar-refractivity contribution in [2.45, 2.75) is 39.0 Å². The number of nitrogens with one attached hydrogen (secondary N) is 1. The van der Waals surface area contributed by atoms with E-state index in [1.807, 2.05) is 11.3 Å². The van der Waals surface area contributed by atoms with Gasteiger partial charge in [0, 0.05) is 4.70 Å². The van der Waals surface area contributed by atoms with Gasteiger partial charge in [-0.1, -0.05) is 38.5 Å². The smallest absolute Gasteiger partial charge is 0.0377 e. The van der Waals surface area contributed by atoms with Crippen LogP contribution in [-0.2, 0) is 0 Å². The molecule has 1 aromatic carbocycles. The van der Waals surface area contributed by atoms with Crippen molar-refractivity contribution in [1.82, 2.24) is 5.32 Å². The van der Waals surface area contributed by atoms with Gasteiger partial charge in [0.1, 0.15) is 0 Å². The summed E-state index contributed by atoms with van der Waals surface area (Å²) >= 11 is 1.91. The van der Waals surface area contributed by atoms with Crippen molar-refractivity contribution in [2.75, 3.05) is 13.1 Å². The second-order valence-electron chi connectivity index (χ2n) is 6.54. The van der Waals surface area contributed by atoms with Crippen LogP contribution in [0.25, 0.3) is 10.1 Å². The molecule has 3 rings (SSSR count). The molecule has 0 amide bonds. The molecular weight excluding hydrogens is 262 g/mol. The lowest BCUT2D eigenvalue weighted by molar-refractivity contribution is 0.426. The maximum absolute atomic E-state index is 3.67. The van der Waals surface area contributed by atoms with Gasteiger partial charge in [-0.3, -0.25) is 0 Å². The molecule has 0 bridgehead atoms. The van der Waals surface area contributed by atoms with Crippen molar-refractivity contribution in [3.8, 4) is 0 Å².